The third kappa shape index (κ3) is 0.726. The minimum Gasteiger partial charge on any atom is -0.477 e. The van der Waals surface area contributed by atoms with Crippen molar-refractivity contribution in [2.45, 2.75) is 6.42 Å². The number of rotatable bonds is 1. The lowest BCUT2D eigenvalue weighted by Gasteiger charge is -1.82. The number of carboxylic acid groups (broad SMARTS) is 1. The molecular weight excluding hydrogens is 108 g/mol. The Labute approximate surface area is 45.5 Å². The Morgan fingerprint density at radius 1 is 1.88 bits per heavy atom. The highest BCUT2D eigenvalue weighted by Crippen LogP contribution is 1.93. The average Bonchev–Trinajstić information content (AvgIpc) is 2.12. The van der Waals surface area contributed by atoms with Crippen molar-refractivity contribution in [2.24, 2.45) is 10.2 Å². The zero-order valence-corrected chi connectivity index (χ0v) is 4.03. The van der Waals surface area contributed by atoms with Crippen LogP contribution in [-0.2, 0) is 4.79 Å². The van der Waals surface area contributed by atoms with Crippen LogP contribution in [0.5, 0.6) is 0 Å². The standard InChI is InChI=1S/C4H4N2O2/c7-4(8)3-1-2-5-6-3/h2H,1H2,(H,7,8). The molecule has 0 aromatic heterocycles. The summed E-state index contributed by atoms with van der Waals surface area (Å²) in [5.41, 5.74) is 0.116. The molecule has 0 saturated heterocycles. The molecule has 0 aromatic rings. The summed E-state index contributed by atoms with van der Waals surface area (Å²) in [5, 5.41) is 14.9. The van der Waals surface area contributed by atoms with Crippen LogP contribution in [0.1, 0.15) is 6.42 Å². The normalized spacial score (nSPS) is 16.2. The molecule has 0 fully saturated rings. The van der Waals surface area contributed by atoms with Gasteiger partial charge in [0.25, 0.3) is 0 Å². The summed E-state index contributed by atoms with van der Waals surface area (Å²) < 4.78 is 0. The summed E-state index contributed by atoms with van der Waals surface area (Å²) in [6.07, 6.45) is 1.82. The van der Waals surface area contributed by atoms with Crippen molar-refractivity contribution in [3.05, 3.63) is 0 Å². The van der Waals surface area contributed by atoms with E-state index in [-0.39, 0.29) is 5.71 Å². The summed E-state index contributed by atoms with van der Waals surface area (Å²) in [7, 11) is 0. The highest BCUT2D eigenvalue weighted by molar-refractivity contribution is 6.38. The van der Waals surface area contributed by atoms with Crippen LogP contribution in [0, 0.1) is 0 Å². The van der Waals surface area contributed by atoms with Gasteiger partial charge in [0.1, 0.15) is 0 Å². The molecule has 4 nitrogen and oxygen atoms in total. The highest BCUT2D eigenvalue weighted by atomic mass is 16.4. The monoisotopic (exact) mass is 112 g/mol. The fourth-order valence-corrected chi connectivity index (χ4v) is 0.409. The fourth-order valence-electron chi connectivity index (χ4n) is 0.409. The number of hydrogen-bond donors (Lipinski definition) is 1. The first-order valence-electron chi connectivity index (χ1n) is 2.12. The van der Waals surface area contributed by atoms with Crippen molar-refractivity contribution in [2.75, 3.05) is 0 Å². The first kappa shape index (κ1) is 4.96. The Morgan fingerprint density at radius 3 is 2.88 bits per heavy atom. The van der Waals surface area contributed by atoms with Gasteiger partial charge in [-0.05, 0) is 0 Å². The van der Waals surface area contributed by atoms with Crippen molar-refractivity contribution >= 4 is 17.9 Å². The van der Waals surface area contributed by atoms with E-state index in [1.165, 1.54) is 6.21 Å². The Kier molecular flexibility index (Phi) is 1.07. The molecule has 0 aromatic carbocycles. The molecule has 0 atom stereocenters. The van der Waals surface area contributed by atoms with Crippen molar-refractivity contribution in [1.82, 2.24) is 0 Å². The van der Waals surface area contributed by atoms with Gasteiger partial charge in [-0.2, -0.15) is 5.10 Å². The number of carboxylic acids is 1. The van der Waals surface area contributed by atoms with E-state index in [0.29, 0.717) is 6.42 Å². The van der Waals surface area contributed by atoms with Gasteiger partial charge in [-0.3, -0.25) is 0 Å². The summed E-state index contributed by atoms with van der Waals surface area (Å²) in [6.45, 7) is 0. The largest absolute Gasteiger partial charge is 0.477 e. The lowest BCUT2D eigenvalue weighted by Crippen LogP contribution is -2.09. The second kappa shape index (κ2) is 1.73. The Balaban J connectivity index is 2.64. The van der Waals surface area contributed by atoms with Gasteiger partial charge in [-0.1, -0.05) is 0 Å². The van der Waals surface area contributed by atoms with E-state index in [0.717, 1.165) is 0 Å². The predicted octanol–water partition coefficient (Wildman–Crippen LogP) is -0.0985. The van der Waals surface area contributed by atoms with Gasteiger partial charge in [0.2, 0.25) is 0 Å². The topological polar surface area (TPSA) is 62.0 Å². The zero-order valence-electron chi connectivity index (χ0n) is 4.03. The van der Waals surface area contributed by atoms with Crippen molar-refractivity contribution in [3.8, 4) is 0 Å². The Bertz CT molecular complexity index is 171. The SMILES string of the molecule is O=C(O)C1=NN=CC1. The quantitative estimate of drug-likeness (QED) is 0.514. The van der Waals surface area contributed by atoms with Crippen molar-refractivity contribution in [3.63, 3.8) is 0 Å². The van der Waals surface area contributed by atoms with E-state index < -0.39 is 5.97 Å². The van der Waals surface area contributed by atoms with Gasteiger partial charge >= 0.3 is 5.97 Å². The smallest absolute Gasteiger partial charge is 0.352 e. The molecule has 1 heterocycles. The molecule has 0 aliphatic carbocycles. The molecule has 1 rings (SSSR count). The maximum absolute atomic E-state index is 9.99. The molecule has 42 valence electrons. The minimum atomic E-state index is -0.984. The molecule has 1 aliphatic heterocycles. The molecule has 1 aliphatic rings. The highest BCUT2D eigenvalue weighted by Gasteiger charge is 2.09. The number of hydrogen-bond acceptors (Lipinski definition) is 3. The Hall–Kier alpha value is -1.19. The van der Waals surface area contributed by atoms with Gasteiger partial charge in [0, 0.05) is 12.6 Å². The number of nitrogens with zero attached hydrogens (tertiary/aromatic N) is 2. The second-order valence-electron chi connectivity index (χ2n) is 1.35. The molecular formula is C4H4N2O2. The molecule has 0 spiro atoms. The third-order valence-electron chi connectivity index (χ3n) is 0.792. The van der Waals surface area contributed by atoms with Crippen LogP contribution < -0.4 is 0 Å². The van der Waals surface area contributed by atoms with E-state index in [4.69, 9.17) is 5.11 Å². The van der Waals surface area contributed by atoms with E-state index in [1.807, 2.05) is 0 Å². The number of carbonyl (C=O) groups is 1. The van der Waals surface area contributed by atoms with Crippen molar-refractivity contribution < 1.29 is 9.90 Å². The second-order valence-corrected chi connectivity index (χ2v) is 1.35. The molecule has 4 heteroatoms. The molecule has 0 amide bonds. The van der Waals surface area contributed by atoms with Crippen LogP contribution in [0.15, 0.2) is 10.2 Å². The molecule has 0 unspecified atom stereocenters. The van der Waals surface area contributed by atoms with Crippen LogP contribution >= 0.6 is 0 Å². The fraction of sp³-hybridized carbons (Fsp3) is 0.250. The van der Waals surface area contributed by atoms with Gasteiger partial charge in [0.15, 0.2) is 5.71 Å². The van der Waals surface area contributed by atoms with Crippen LogP contribution in [0.25, 0.3) is 0 Å². The zero-order chi connectivity index (χ0) is 5.98. The average molecular weight is 112 g/mol. The predicted molar refractivity (Wildman–Crippen MR) is 28.2 cm³/mol. The maximum Gasteiger partial charge on any atom is 0.352 e. The van der Waals surface area contributed by atoms with Gasteiger partial charge in [-0.15, -0.1) is 5.10 Å². The first-order chi connectivity index (χ1) is 3.80. The van der Waals surface area contributed by atoms with E-state index in [2.05, 4.69) is 10.2 Å². The third-order valence-corrected chi connectivity index (χ3v) is 0.792. The number of aliphatic carboxylic acids is 1. The van der Waals surface area contributed by atoms with Crippen molar-refractivity contribution in [1.29, 1.82) is 0 Å². The van der Waals surface area contributed by atoms with Crippen LogP contribution in [-0.4, -0.2) is 23.0 Å². The first-order valence-corrected chi connectivity index (χ1v) is 2.12. The Morgan fingerprint density at radius 2 is 2.62 bits per heavy atom. The lowest BCUT2D eigenvalue weighted by atomic mass is 10.3. The van der Waals surface area contributed by atoms with Crippen LogP contribution in [0.2, 0.25) is 0 Å². The molecule has 1 N–H and O–H groups in total. The summed E-state index contributed by atoms with van der Waals surface area (Å²) >= 11 is 0. The maximum atomic E-state index is 9.99. The van der Waals surface area contributed by atoms with Crippen LogP contribution in [0.4, 0.5) is 0 Å². The molecule has 0 bridgehead atoms. The minimum absolute atomic E-state index is 0.116. The van der Waals surface area contributed by atoms with E-state index in [1.54, 1.807) is 0 Å². The van der Waals surface area contributed by atoms with E-state index >= 15 is 0 Å². The lowest BCUT2D eigenvalue weighted by molar-refractivity contribution is -0.129. The van der Waals surface area contributed by atoms with E-state index in [9.17, 15) is 4.79 Å². The summed E-state index contributed by atoms with van der Waals surface area (Å²) in [6, 6.07) is 0. The van der Waals surface area contributed by atoms with Gasteiger partial charge < -0.3 is 5.11 Å². The van der Waals surface area contributed by atoms with Gasteiger partial charge in [0.05, 0.1) is 0 Å². The summed E-state index contributed by atoms with van der Waals surface area (Å²) in [5.74, 6) is -0.984. The molecule has 8 heavy (non-hydrogen) atoms. The van der Waals surface area contributed by atoms with Crippen LogP contribution in [0.3, 0.4) is 0 Å². The van der Waals surface area contributed by atoms with Gasteiger partial charge in [-0.25, -0.2) is 4.79 Å². The summed E-state index contributed by atoms with van der Waals surface area (Å²) in [4.78, 5) is 9.99. The molecule has 0 saturated carbocycles. The molecule has 0 radical (unpaired) electrons.